The standard InChI is InChI=1S/C12H22O3/c1-6-9-8(4)11(13)10(7(2)3)12(14-5)15-9/h8-13H,2,6H2,1,3-5H3. The number of aliphatic hydroxyl groups excluding tert-OH is 1. The second-order valence-electron chi connectivity index (χ2n) is 4.41. The smallest absolute Gasteiger partial charge is 0.166 e. The van der Waals surface area contributed by atoms with E-state index in [4.69, 9.17) is 9.47 Å². The predicted molar refractivity (Wildman–Crippen MR) is 59.4 cm³/mol. The SMILES string of the molecule is C=C(C)C1C(OC)OC(CC)C(C)C1O. The molecule has 5 unspecified atom stereocenters. The maximum absolute atomic E-state index is 10.2. The van der Waals surface area contributed by atoms with Gasteiger partial charge >= 0.3 is 0 Å². The van der Waals surface area contributed by atoms with Crippen molar-refractivity contribution in [3.8, 4) is 0 Å². The largest absolute Gasteiger partial charge is 0.392 e. The Morgan fingerprint density at radius 1 is 1.53 bits per heavy atom. The summed E-state index contributed by atoms with van der Waals surface area (Å²) in [5.74, 6) is 0.0101. The van der Waals surface area contributed by atoms with Crippen LogP contribution in [0.15, 0.2) is 12.2 Å². The maximum Gasteiger partial charge on any atom is 0.166 e. The summed E-state index contributed by atoms with van der Waals surface area (Å²) >= 11 is 0. The van der Waals surface area contributed by atoms with Gasteiger partial charge in [-0.2, -0.15) is 0 Å². The zero-order valence-corrected chi connectivity index (χ0v) is 10.1. The normalized spacial score (nSPS) is 41.5. The first-order chi connectivity index (χ1) is 7.02. The van der Waals surface area contributed by atoms with E-state index in [0.717, 1.165) is 12.0 Å². The summed E-state index contributed by atoms with van der Waals surface area (Å²) in [5, 5.41) is 10.2. The highest BCUT2D eigenvalue weighted by Crippen LogP contribution is 2.35. The molecule has 1 saturated heterocycles. The lowest BCUT2D eigenvalue weighted by atomic mass is 9.81. The Morgan fingerprint density at radius 3 is 2.53 bits per heavy atom. The van der Waals surface area contributed by atoms with Crippen LogP contribution >= 0.6 is 0 Å². The van der Waals surface area contributed by atoms with Crippen LogP contribution in [-0.2, 0) is 9.47 Å². The van der Waals surface area contributed by atoms with Crippen molar-refractivity contribution in [2.24, 2.45) is 11.8 Å². The van der Waals surface area contributed by atoms with Crippen molar-refractivity contribution in [2.45, 2.75) is 45.7 Å². The molecule has 3 nitrogen and oxygen atoms in total. The van der Waals surface area contributed by atoms with Gasteiger partial charge in [0, 0.05) is 13.0 Å². The number of hydrogen-bond acceptors (Lipinski definition) is 3. The highest BCUT2D eigenvalue weighted by molar-refractivity contribution is 5.05. The second-order valence-corrected chi connectivity index (χ2v) is 4.41. The van der Waals surface area contributed by atoms with Crippen molar-refractivity contribution >= 4 is 0 Å². The van der Waals surface area contributed by atoms with Crippen molar-refractivity contribution < 1.29 is 14.6 Å². The van der Waals surface area contributed by atoms with Crippen LogP contribution in [0, 0.1) is 11.8 Å². The van der Waals surface area contributed by atoms with Crippen LogP contribution in [0.1, 0.15) is 27.2 Å². The van der Waals surface area contributed by atoms with Gasteiger partial charge in [0.1, 0.15) is 0 Å². The Kier molecular flexibility index (Phi) is 4.32. The monoisotopic (exact) mass is 214 g/mol. The molecule has 88 valence electrons. The molecule has 0 saturated carbocycles. The Bertz CT molecular complexity index is 225. The van der Waals surface area contributed by atoms with Crippen LogP contribution in [0.25, 0.3) is 0 Å². The summed E-state index contributed by atoms with van der Waals surface area (Å²) < 4.78 is 11.1. The summed E-state index contributed by atoms with van der Waals surface area (Å²) in [6.07, 6.45) is 0.173. The van der Waals surface area contributed by atoms with Gasteiger partial charge in [0.15, 0.2) is 6.29 Å². The van der Waals surface area contributed by atoms with E-state index >= 15 is 0 Å². The van der Waals surface area contributed by atoms with Crippen LogP contribution in [0.2, 0.25) is 0 Å². The first-order valence-electron chi connectivity index (χ1n) is 5.54. The average molecular weight is 214 g/mol. The lowest BCUT2D eigenvalue weighted by Crippen LogP contribution is -2.50. The fourth-order valence-electron chi connectivity index (χ4n) is 2.28. The second kappa shape index (κ2) is 5.10. The maximum atomic E-state index is 10.2. The minimum absolute atomic E-state index is 0.0700. The lowest BCUT2D eigenvalue weighted by Gasteiger charge is -2.43. The fourth-order valence-corrected chi connectivity index (χ4v) is 2.28. The first kappa shape index (κ1) is 12.7. The van der Waals surface area contributed by atoms with E-state index in [9.17, 15) is 5.11 Å². The van der Waals surface area contributed by atoms with Crippen LogP contribution < -0.4 is 0 Å². The third-order valence-electron chi connectivity index (χ3n) is 3.30. The van der Waals surface area contributed by atoms with E-state index in [1.807, 2.05) is 13.8 Å². The molecule has 1 fully saturated rings. The number of aliphatic hydroxyl groups is 1. The van der Waals surface area contributed by atoms with Gasteiger partial charge in [0.05, 0.1) is 18.1 Å². The summed E-state index contributed by atoms with van der Waals surface area (Å²) in [6, 6.07) is 0. The molecule has 0 radical (unpaired) electrons. The topological polar surface area (TPSA) is 38.7 Å². The molecule has 0 spiro atoms. The van der Waals surface area contributed by atoms with E-state index < -0.39 is 6.10 Å². The molecule has 1 aliphatic rings. The number of hydrogen-bond donors (Lipinski definition) is 1. The molecule has 3 heteroatoms. The van der Waals surface area contributed by atoms with E-state index in [2.05, 4.69) is 13.5 Å². The van der Waals surface area contributed by atoms with Gasteiger partial charge in [0.2, 0.25) is 0 Å². The average Bonchev–Trinajstić information content (AvgIpc) is 2.20. The van der Waals surface area contributed by atoms with Gasteiger partial charge in [-0.15, -0.1) is 0 Å². The minimum atomic E-state index is -0.425. The van der Waals surface area contributed by atoms with Crippen LogP contribution in [0.4, 0.5) is 0 Å². The number of methoxy groups -OCH3 is 1. The molecular weight excluding hydrogens is 192 g/mol. The molecule has 0 aromatic heterocycles. The molecule has 0 amide bonds. The van der Waals surface area contributed by atoms with Crippen LogP contribution in [0.5, 0.6) is 0 Å². The number of rotatable bonds is 3. The zero-order chi connectivity index (χ0) is 11.6. The Balaban J connectivity index is 2.84. The zero-order valence-electron chi connectivity index (χ0n) is 10.1. The number of ether oxygens (including phenoxy) is 2. The van der Waals surface area contributed by atoms with Crippen molar-refractivity contribution in [1.82, 2.24) is 0 Å². The van der Waals surface area contributed by atoms with E-state index in [0.29, 0.717) is 0 Å². The molecule has 1 heterocycles. The quantitative estimate of drug-likeness (QED) is 0.730. The van der Waals surface area contributed by atoms with Gasteiger partial charge in [-0.3, -0.25) is 0 Å². The van der Waals surface area contributed by atoms with Gasteiger partial charge in [0.25, 0.3) is 0 Å². The van der Waals surface area contributed by atoms with Gasteiger partial charge in [-0.1, -0.05) is 26.0 Å². The van der Waals surface area contributed by atoms with E-state index in [-0.39, 0.29) is 24.2 Å². The predicted octanol–water partition coefficient (Wildman–Crippen LogP) is 1.96. The van der Waals surface area contributed by atoms with E-state index in [1.165, 1.54) is 0 Å². The summed E-state index contributed by atoms with van der Waals surface area (Å²) in [6.45, 7) is 9.87. The summed E-state index contributed by atoms with van der Waals surface area (Å²) in [5.41, 5.74) is 0.913. The summed E-state index contributed by atoms with van der Waals surface area (Å²) in [7, 11) is 1.61. The molecule has 0 aromatic carbocycles. The van der Waals surface area contributed by atoms with Crippen molar-refractivity contribution in [3.63, 3.8) is 0 Å². The van der Waals surface area contributed by atoms with Gasteiger partial charge in [-0.25, -0.2) is 0 Å². The molecule has 0 bridgehead atoms. The van der Waals surface area contributed by atoms with Crippen LogP contribution in [-0.4, -0.2) is 30.7 Å². The third kappa shape index (κ3) is 2.41. The first-order valence-corrected chi connectivity index (χ1v) is 5.54. The molecule has 5 atom stereocenters. The molecule has 1 aliphatic heterocycles. The minimum Gasteiger partial charge on any atom is -0.392 e. The Morgan fingerprint density at radius 2 is 2.13 bits per heavy atom. The Labute approximate surface area is 92.1 Å². The third-order valence-corrected chi connectivity index (χ3v) is 3.30. The fraction of sp³-hybridized carbons (Fsp3) is 0.833. The highest BCUT2D eigenvalue weighted by atomic mass is 16.7. The molecule has 0 aliphatic carbocycles. The van der Waals surface area contributed by atoms with Gasteiger partial charge in [-0.05, 0) is 13.3 Å². The van der Waals surface area contributed by atoms with Crippen molar-refractivity contribution in [1.29, 1.82) is 0 Å². The molecule has 1 rings (SSSR count). The molecule has 1 N–H and O–H groups in total. The highest BCUT2D eigenvalue weighted by Gasteiger charge is 2.42. The van der Waals surface area contributed by atoms with Crippen molar-refractivity contribution in [2.75, 3.05) is 7.11 Å². The molecule has 15 heavy (non-hydrogen) atoms. The molecular formula is C12H22O3. The molecule has 0 aromatic rings. The van der Waals surface area contributed by atoms with Crippen LogP contribution in [0.3, 0.4) is 0 Å². The van der Waals surface area contributed by atoms with Gasteiger partial charge < -0.3 is 14.6 Å². The Hall–Kier alpha value is -0.380. The lowest BCUT2D eigenvalue weighted by molar-refractivity contribution is -0.248. The van der Waals surface area contributed by atoms with Crippen molar-refractivity contribution in [3.05, 3.63) is 12.2 Å². The van der Waals surface area contributed by atoms with E-state index in [1.54, 1.807) is 7.11 Å². The summed E-state index contributed by atoms with van der Waals surface area (Å²) in [4.78, 5) is 0.